The molecule has 0 fully saturated rings. The van der Waals surface area contributed by atoms with E-state index in [1.807, 2.05) is 56.0 Å². The molecule has 3 aromatic carbocycles. The molecule has 1 unspecified atom stereocenters. The zero-order valence-electron chi connectivity index (χ0n) is 21.4. The molecule has 1 aliphatic heterocycles. The van der Waals surface area contributed by atoms with Gasteiger partial charge in [0.15, 0.2) is 0 Å². The molecule has 1 aliphatic rings. The van der Waals surface area contributed by atoms with Gasteiger partial charge in [0.2, 0.25) is 15.9 Å². The molecular formula is C30H32N2O3S2. The molecule has 7 heteroatoms. The third-order valence-electron chi connectivity index (χ3n) is 6.93. The van der Waals surface area contributed by atoms with Gasteiger partial charge in [-0.15, -0.1) is 11.3 Å². The van der Waals surface area contributed by atoms with Crippen LogP contribution in [-0.2, 0) is 21.2 Å². The highest BCUT2D eigenvalue weighted by molar-refractivity contribution is 7.89. The standard InChI is InChI=1S/C30H32N2O3S2/c1-21(2)19-31(37(34,35)28-10-6-8-23-7-4-5-9-25(23)28)20-29(33)32-17-15-27-26(16-18-36-27)30(32)24-13-11-22(3)12-14-24/h4-14,16,18,21,30H,15,17,19-20H2,1-3H3. The number of aryl methyl sites for hydroxylation is 1. The smallest absolute Gasteiger partial charge is 0.244 e. The van der Waals surface area contributed by atoms with E-state index in [4.69, 9.17) is 0 Å². The van der Waals surface area contributed by atoms with Crippen LogP contribution in [0.15, 0.2) is 83.1 Å². The molecule has 5 nitrogen and oxygen atoms in total. The van der Waals surface area contributed by atoms with Gasteiger partial charge in [-0.2, -0.15) is 4.31 Å². The van der Waals surface area contributed by atoms with Gasteiger partial charge in [0.25, 0.3) is 0 Å². The van der Waals surface area contributed by atoms with E-state index >= 15 is 0 Å². The van der Waals surface area contributed by atoms with Crippen molar-refractivity contribution in [1.82, 2.24) is 9.21 Å². The van der Waals surface area contributed by atoms with Gasteiger partial charge >= 0.3 is 0 Å². The van der Waals surface area contributed by atoms with E-state index in [-0.39, 0.29) is 35.9 Å². The van der Waals surface area contributed by atoms with E-state index < -0.39 is 10.0 Å². The lowest BCUT2D eigenvalue weighted by Gasteiger charge is -2.37. The molecule has 1 amide bonds. The summed E-state index contributed by atoms with van der Waals surface area (Å²) in [4.78, 5) is 17.3. The van der Waals surface area contributed by atoms with Crippen molar-refractivity contribution in [1.29, 1.82) is 0 Å². The van der Waals surface area contributed by atoms with Crippen LogP contribution in [0, 0.1) is 12.8 Å². The highest BCUT2D eigenvalue weighted by Gasteiger charge is 2.36. The number of thiophene rings is 1. The van der Waals surface area contributed by atoms with Crippen molar-refractivity contribution in [2.24, 2.45) is 5.92 Å². The monoisotopic (exact) mass is 532 g/mol. The first-order valence-electron chi connectivity index (χ1n) is 12.7. The zero-order valence-corrected chi connectivity index (χ0v) is 23.1. The fourth-order valence-electron chi connectivity index (χ4n) is 5.15. The molecule has 4 aromatic rings. The topological polar surface area (TPSA) is 57.7 Å². The van der Waals surface area contributed by atoms with Gasteiger partial charge in [0.1, 0.15) is 0 Å². The summed E-state index contributed by atoms with van der Waals surface area (Å²) in [5.74, 6) is -0.109. The summed E-state index contributed by atoms with van der Waals surface area (Å²) < 4.78 is 29.4. The highest BCUT2D eigenvalue weighted by atomic mass is 32.2. The first kappa shape index (κ1) is 25.6. The van der Waals surface area contributed by atoms with Crippen LogP contribution in [-0.4, -0.2) is 43.2 Å². The number of benzene rings is 3. The molecule has 192 valence electrons. The quantitative estimate of drug-likeness (QED) is 0.292. The van der Waals surface area contributed by atoms with Crippen LogP contribution in [0.4, 0.5) is 0 Å². The van der Waals surface area contributed by atoms with Gasteiger partial charge in [-0.1, -0.05) is 80.1 Å². The Kier molecular flexibility index (Phi) is 7.21. The minimum absolute atomic E-state index is 0.0651. The molecule has 0 N–H and O–H groups in total. The third kappa shape index (κ3) is 5.08. The Morgan fingerprint density at radius 1 is 1.03 bits per heavy atom. The Bertz CT molecular complexity index is 1520. The maximum Gasteiger partial charge on any atom is 0.244 e. The van der Waals surface area contributed by atoms with Gasteiger partial charge in [-0.05, 0) is 53.3 Å². The fourth-order valence-corrected chi connectivity index (χ4v) is 7.82. The second-order valence-electron chi connectivity index (χ2n) is 10.1. The number of carbonyl (C=O) groups excluding carboxylic acids is 1. The number of hydrogen-bond acceptors (Lipinski definition) is 4. The van der Waals surface area contributed by atoms with E-state index in [0.29, 0.717) is 11.9 Å². The van der Waals surface area contributed by atoms with E-state index in [1.54, 1.807) is 23.5 Å². The molecule has 37 heavy (non-hydrogen) atoms. The summed E-state index contributed by atoms with van der Waals surface area (Å²) in [6.07, 6.45) is 0.779. The van der Waals surface area contributed by atoms with Crippen molar-refractivity contribution >= 4 is 38.0 Å². The molecule has 1 atom stereocenters. The number of carbonyl (C=O) groups is 1. The number of fused-ring (bicyclic) bond motifs is 2. The lowest BCUT2D eigenvalue weighted by Crippen LogP contribution is -2.47. The van der Waals surface area contributed by atoms with Crippen LogP contribution in [0.2, 0.25) is 0 Å². The summed E-state index contributed by atoms with van der Waals surface area (Å²) >= 11 is 1.72. The van der Waals surface area contributed by atoms with Crippen LogP contribution < -0.4 is 0 Å². The van der Waals surface area contributed by atoms with Crippen molar-refractivity contribution < 1.29 is 13.2 Å². The van der Waals surface area contributed by atoms with Crippen molar-refractivity contribution in [2.75, 3.05) is 19.6 Å². The highest BCUT2D eigenvalue weighted by Crippen LogP contribution is 2.38. The third-order valence-corrected chi connectivity index (χ3v) is 9.79. The maximum atomic E-state index is 14.0. The first-order valence-corrected chi connectivity index (χ1v) is 15.0. The average Bonchev–Trinajstić information content (AvgIpc) is 3.36. The van der Waals surface area contributed by atoms with Crippen LogP contribution in [0.1, 0.15) is 41.5 Å². The maximum absolute atomic E-state index is 14.0. The van der Waals surface area contributed by atoms with Gasteiger partial charge in [0.05, 0.1) is 17.5 Å². The SMILES string of the molecule is Cc1ccc(C2c3ccsc3CCN2C(=O)CN(CC(C)C)S(=O)(=O)c2cccc3ccccc23)cc1. The van der Waals surface area contributed by atoms with Crippen LogP contribution in [0.3, 0.4) is 0 Å². The summed E-state index contributed by atoms with van der Waals surface area (Å²) in [6.45, 7) is 6.64. The Morgan fingerprint density at radius 3 is 2.51 bits per heavy atom. The number of sulfonamides is 1. The average molecular weight is 533 g/mol. The fraction of sp³-hybridized carbons (Fsp3) is 0.300. The molecule has 5 rings (SSSR count). The van der Waals surface area contributed by atoms with Crippen LogP contribution in [0.5, 0.6) is 0 Å². The summed E-state index contributed by atoms with van der Waals surface area (Å²) in [7, 11) is -3.91. The van der Waals surface area contributed by atoms with Crippen LogP contribution in [0.25, 0.3) is 10.8 Å². The second kappa shape index (κ2) is 10.4. The minimum Gasteiger partial charge on any atom is -0.330 e. The molecule has 0 saturated heterocycles. The van der Waals surface area contributed by atoms with Gasteiger partial charge in [-0.25, -0.2) is 8.42 Å². The van der Waals surface area contributed by atoms with Gasteiger partial charge in [0, 0.05) is 23.4 Å². The summed E-state index contributed by atoms with van der Waals surface area (Å²) in [5.41, 5.74) is 3.35. The van der Waals surface area contributed by atoms with E-state index in [1.165, 1.54) is 9.18 Å². The molecule has 1 aromatic heterocycles. The molecule has 0 aliphatic carbocycles. The minimum atomic E-state index is -3.91. The van der Waals surface area contributed by atoms with Gasteiger partial charge in [-0.3, -0.25) is 4.79 Å². The molecule has 0 bridgehead atoms. The molecule has 2 heterocycles. The molecule has 0 spiro atoms. The Balaban J connectivity index is 1.51. The van der Waals surface area contributed by atoms with E-state index in [9.17, 15) is 13.2 Å². The van der Waals surface area contributed by atoms with E-state index in [0.717, 1.165) is 28.5 Å². The predicted octanol–water partition coefficient (Wildman–Crippen LogP) is 6.03. The Morgan fingerprint density at radius 2 is 1.76 bits per heavy atom. The number of rotatable bonds is 7. The van der Waals surface area contributed by atoms with Crippen molar-refractivity contribution in [3.8, 4) is 0 Å². The van der Waals surface area contributed by atoms with E-state index in [2.05, 4.69) is 35.7 Å². The zero-order chi connectivity index (χ0) is 26.2. The second-order valence-corrected chi connectivity index (χ2v) is 13.0. The number of nitrogens with zero attached hydrogens (tertiary/aromatic N) is 2. The molecule has 0 radical (unpaired) electrons. The Hall–Kier alpha value is -3.00. The van der Waals surface area contributed by atoms with Crippen molar-refractivity contribution in [2.45, 2.75) is 38.1 Å². The lowest BCUT2D eigenvalue weighted by molar-refractivity contribution is -0.133. The van der Waals surface area contributed by atoms with Gasteiger partial charge < -0.3 is 4.90 Å². The molecular weight excluding hydrogens is 500 g/mol. The first-order chi connectivity index (χ1) is 17.8. The number of amides is 1. The largest absolute Gasteiger partial charge is 0.330 e. The van der Waals surface area contributed by atoms with Crippen molar-refractivity contribution in [3.05, 3.63) is 99.7 Å². The summed E-state index contributed by atoms with van der Waals surface area (Å²) in [5, 5.41) is 3.61. The van der Waals surface area contributed by atoms with Crippen molar-refractivity contribution in [3.63, 3.8) is 0 Å². The Labute approximate surface area is 223 Å². The van der Waals surface area contributed by atoms with Crippen LogP contribution >= 0.6 is 11.3 Å². The lowest BCUT2D eigenvalue weighted by atomic mass is 9.92. The normalized spacial score (nSPS) is 15.9. The number of hydrogen-bond donors (Lipinski definition) is 0. The summed E-state index contributed by atoms with van der Waals surface area (Å²) in [6, 6.07) is 23.0. The predicted molar refractivity (Wildman–Crippen MR) is 150 cm³/mol. The molecule has 0 saturated carbocycles.